The highest BCUT2D eigenvalue weighted by molar-refractivity contribution is 9.10. The fourth-order valence-corrected chi connectivity index (χ4v) is 2.17. The molecule has 5 nitrogen and oxygen atoms in total. The van der Waals surface area contributed by atoms with Crippen LogP contribution in [0.4, 0.5) is 5.82 Å². The van der Waals surface area contributed by atoms with Gasteiger partial charge in [-0.1, -0.05) is 18.2 Å². The van der Waals surface area contributed by atoms with Crippen molar-refractivity contribution in [1.29, 1.82) is 0 Å². The molecule has 0 aliphatic carbocycles. The number of pyridine rings is 1. The van der Waals surface area contributed by atoms with E-state index < -0.39 is 0 Å². The van der Waals surface area contributed by atoms with Crippen LogP contribution in [0.2, 0.25) is 0 Å². The smallest absolute Gasteiger partial charge is 0.260 e. The Kier molecular flexibility index (Phi) is 3.79. The highest BCUT2D eigenvalue weighted by Gasteiger charge is 2.11. The molecular weight excluding hydrogens is 332 g/mol. The molecule has 1 N–H and O–H groups in total. The zero-order chi connectivity index (χ0) is 14.7. The van der Waals surface area contributed by atoms with Crippen molar-refractivity contribution < 1.29 is 4.79 Å². The van der Waals surface area contributed by atoms with Crippen molar-refractivity contribution >= 4 is 27.7 Å². The number of anilines is 1. The second kappa shape index (κ2) is 5.88. The Hall–Kier alpha value is -2.47. The predicted octanol–water partition coefficient (Wildman–Crippen LogP) is 3.28. The summed E-state index contributed by atoms with van der Waals surface area (Å²) in [5.74, 6) is 0.228. The summed E-state index contributed by atoms with van der Waals surface area (Å²) in [7, 11) is 0. The summed E-state index contributed by atoms with van der Waals surface area (Å²) < 4.78 is 2.39. The molecule has 1 amide bonds. The third-order valence-electron chi connectivity index (χ3n) is 2.86. The van der Waals surface area contributed by atoms with Crippen molar-refractivity contribution in [3.05, 3.63) is 71.1 Å². The number of benzene rings is 1. The molecule has 0 atom stereocenters. The van der Waals surface area contributed by atoms with Gasteiger partial charge in [0.2, 0.25) is 0 Å². The van der Waals surface area contributed by atoms with E-state index in [2.05, 4.69) is 31.3 Å². The summed E-state index contributed by atoms with van der Waals surface area (Å²) in [6, 6.07) is 13.2. The van der Waals surface area contributed by atoms with Gasteiger partial charge in [-0.3, -0.25) is 4.79 Å². The van der Waals surface area contributed by atoms with Crippen LogP contribution in [-0.4, -0.2) is 20.7 Å². The van der Waals surface area contributed by atoms with Gasteiger partial charge in [-0.25, -0.2) is 9.67 Å². The summed E-state index contributed by atoms with van der Waals surface area (Å²) in [6.45, 7) is 0. The van der Waals surface area contributed by atoms with Crippen LogP contribution in [0.3, 0.4) is 0 Å². The van der Waals surface area contributed by atoms with Crippen LogP contribution < -0.4 is 5.32 Å². The van der Waals surface area contributed by atoms with E-state index in [-0.39, 0.29) is 5.91 Å². The molecule has 3 rings (SSSR count). The topological polar surface area (TPSA) is 59.8 Å². The molecule has 0 fully saturated rings. The minimum atomic E-state index is -0.253. The van der Waals surface area contributed by atoms with Gasteiger partial charge in [0.15, 0.2) is 0 Å². The maximum Gasteiger partial charge on any atom is 0.260 e. The summed E-state index contributed by atoms with van der Waals surface area (Å²) in [5.41, 5.74) is 1.37. The summed E-state index contributed by atoms with van der Waals surface area (Å²) in [5, 5.41) is 6.94. The molecule has 0 spiro atoms. The Bertz CT molecular complexity index is 770. The average molecular weight is 343 g/mol. The molecule has 0 aliphatic rings. The SMILES string of the molecule is O=C(Nc1ncccc1Br)c1cnn(-c2ccccc2)c1. The first kappa shape index (κ1) is 13.5. The van der Waals surface area contributed by atoms with Crippen LogP contribution in [-0.2, 0) is 0 Å². The van der Waals surface area contributed by atoms with E-state index in [0.717, 1.165) is 10.2 Å². The van der Waals surface area contributed by atoms with Crippen molar-refractivity contribution in [1.82, 2.24) is 14.8 Å². The lowest BCUT2D eigenvalue weighted by Gasteiger charge is -2.04. The fraction of sp³-hybridized carbons (Fsp3) is 0. The van der Waals surface area contributed by atoms with E-state index in [1.807, 2.05) is 36.4 Å². The fourth-order valence-electron chi connectivity index (χ4n) is 1.82. The molecule has 2 aromatic heterocycles. The van der Waals surface area contributed by atoms with Gasteiger partial charge in [-0.15, -0.1) is 0 Å². The predicted molar refractivity (Wildman–Crippen MR) is 83.5 cm³/mol. The number of carbonyl (C=O) groups excluding carboxylic acids is 1. The number of nitrogens with one attached hydrogen (secondary N) is 1. The van der Waals surface area contributed by atoms with Gasteiger partial charge >= 0.3 is 0 Å². The van der Waals surface area contributed by atoms with Crippen LogP contribution >= 0.6 is 15.9 Å². The second-order valence-corrected chi connectivity index (χ2v) is 5.15. The van der Waals surface area contributed by atoms with Gasteiger partial charge in [0.25, 0.3) is 5.91 Å². The molecule has 21 heavy (non-hydrogen) atoms. The lowest BCUT2D eigenvalue weighted by Crippen LogP contribution is -2.12. The summed E-state index contributed by atoms with van der Waals surface area (Å²) >= 11 is 3.34. The first-order valence-electron chi connectivity index (χ1n) is 6.26. The van der Waals surface area contributed by atoms with Gasteiger partial charge in [0, 0.05) is 12.4 Å². The number of para-hydroxylation sites is 1. The van der Waals surface area contributed by atoms with E-state index in [4.69, 9.17) is 0 Å². The first-order valence-corrected chi connectivity index (χ1v) is 7.05. The minimum absolute atomic E-state index is 0.253. The Labute approximate surface area is 129 Å². The molecule has 0 aliphatic heterocycles. The van der Waals surface area contributed by atoms with Crippen LogP contribution in [0.15, 0.2) is 65.5 Å². The van der Waals surface area contributed by atoms with Crippen molar-refractivity contribution in [3.8, 4) is 5.69 Å². The van der Waals surface area contributed by atoms with Gasteiger partial charge in [-0.2, -0.15) is 5.10 Å². The summed E-state index contributed by atoms with van der Waals surface area (Å²) in [6.07, 6.45) is 4.83. The Morgan fingerprint density at radius 1 is 1.14 bits per heavy atom. The van der Waals surface area contributed by atoms with Gasteiger partial charge in [0.1, 0.15) is 5.82 Å². The Morgan fingerprint density at radius 3 is 2.71 bits per heavy atom. The first-order chi connectivity index (χ1) is 10.2. The number of hydrogen-bond acceptors (Lipinski definition) is 3. The second-order valence-electron chi connectivity index (χ2n) is 4.30. The highest BCUT2D eigenvalue weighted by Crippen LogP contribution is 2.19. The lowest BCUT2D eigenvalue weighted by atomic mass is 10.3. The molecule has 2 heterocycles. The maximum absolute atomic E-state index is 12.2. The number of nitrogens with zero attached hydrogens (tertiary/aromatic N) is 3. The van der Waals surface area contributed by atoms with Crippen molar-refractivity contribution in [2.75, 3.05) is 5.32 Å². The number of halogens is 1. The Morgan fingerprint density at radius 2 is 1.95 bits per heavy atom. The number of hydrogen-bond donors (Lipinski definition) is 1. The zero-order valence-corrected chi connectivity index (χ0v) is 12.5. The van der Waals surface area contributed by atoms with Crippen LogP contribution in [0.1, 0.15) is 10.4 Å². The number of rotatable bonds is 3. The molecule has 1 aromatic carbocycles. The minimum Gasteiger partial charge on any atom is -0.306 e. The van der Waals surface area contributed by atoms with Gasteiger partial charge in [-0.05, 0) is 40.2 Å². The van der Waals surface area contributed by atoms with Crippen molar-refractivity contribution in [3.63, 3.8) is 0 Å². The molecule has 104 valence electrons. The molecule has 6 heteroatoms. The molecule has 0 bridgehead atoms. The van der Waals surface area contributed by atoms with Gasteiger partial charge < -0.3 is 5.32 Å². The largest absolute Gasteiger partial charge is 0.306 e. The van der Waals surface area contributed by atoms with Gasteiger partial charge in [0.05, 0.1) is 21.9 Å². The highest BCUT2D eigenvalue weighted by atomic mass is 79.9. The normalized spacial score (nSPS) is 10.3. The zero-order valence-electron chi connectivity index (χ0n) is 10.9. The molecule has 0 unspecified atom stereocenters. The molecule has 0 radical (unpaired) electrons. The van der Waals surface area contributed by atoms with E-state index in [0.29, 0.717) is 11.4 Å². The standard InChI is InChI=1S/C15H11BrN4O/c16-13-7-4-8-17-14(13)19-15(21)11-9-18-20(10-11)12-5-2-1-3-6-12/h1-10H,(H,17,19,21). The van der Waals surface area contributed by atoms with E-state index in [1.165, 1.54) is 6.20 Å². The van der Waals surface area contributed by atoms with Crippen LogP contribution in [0, 0.1) is 0 Å². The Balaban J connectivity index is 1.80. The molecule has 0 saturated heterocycles. The van der Waals surface area contributed by atoms with Crippen molar-refractivity contribution in [2.24, 2.45) is 0 Å². The maximum atomic E-state index is 12.2. The quantitative estimate of drug-likeness (QED) is 0.794. The number of aromatic nitrogens is 3. The number of amides is 1. The van der Waals surface area contributed by atoms with E-state index in [9.17, 15) is 4.79 Å². The van der Waals surface area contributed by atoms with Crippen molar-refractivity contribution in [2.45, 2.75) is 0 Å². The molecule has 0 saturated carbocycles. The third kappa shape index (κ3) is 3.00. The third-order valence-corrected chi connectivity index (χ3v) is 3.50. The molecular formula is C15H11BrN4O. The lowest BCUT2D eigenvalue weighted by molar-refractivity contribution is 0.102. The van der Waals surface area contributed by atoms with E-state index >= 15 is 0 Å². The summed E-state index contributed by atoms with van der Waals surface area (Å²) in [4.78, 5) is 16.3. The number of carbonyl (C=O) groups is 1. The van der Waals surface area contributed by atoms with E-state index in [1.54, 1.807) is 23.1 Å². The molecule has 3 aromatic rings. The van der Waals surface area contributed by atoms with Crippen LogP contribution in [0.25, 0.3) is 5.69 Å². The monoisotopic (exact) mass is 342 g/mol. The average Bonchev–Trinajstić information content (AvgIpc) is 3.00. The van der Waals surface area contributed by atoms with Crippen LogP contribution in [0.5, 0.6) is 0 Å².